The van der Waals surface area contributed by atoms with Gasteiger partial charge < -0.3 is 14.8 Å². The predicted octanol–water partition coefficient (Wildman–Crippen LogP) is 3.64. The van der Waals surface area contributed by atoms with Crippen molar-refractivity contribution >= 4 is 23.0 Å². The van der Waals surface area contributed by atoms with Crippen LogP contribution in [-0.2, 0) is 4.74 Å². The third kappa shape index (κ3) is 2.93. The molecule has 1 heterocycles. The maximum Gasteiger partial charge on any atom is 0.350 e. The minimum atomic E-state index is -0.295. The molecule has 5 heteroatoms. The first-order valence-electron chi connectivity index (χ1n) is 6.32. The maximum absolute atomic E-state index is 11.9. The molecule has 1 N–H and O–H groups in total. The van der Waals surface area contributed by atoms with Gasteiger partial charge in [-0.05, 0) is 30.7 Å². The highest BCUT2D eigenvalue weighted by Gasteiger charge is 2.17. The topological polar surface area (TPSA) is 47.6 Å². The number of nitrogens with one attached hydrogen (secondary N) is 1. The minimum Gasteiger partial charge on any atom is -0.497 e. The quantitative estimate of drug-likeness (QED) is 0.854. The second kappa shape index (κ2) is 6.43. The molecule has 1 aromatic heterocycles. The lowest BCUT2D eigenvalue weighted by atomic mass is 10.2. The SMILES string of the molecule is CCOC(=O)c1sc(-c2cccc(OC)c2)cc1NC. The first kappa shape index (κ1) is 14.4. The van der Waals surface area contributed by atoms with Gasteiger partial charge >= 0.3 is 5.97 Å². The fourth-order valence-electron chi connectivity index (χ4n) is 1.84. The normalized spacial score (nSPS) is 10.2. The molecule has 1 aromatic carbocycles. The molecular formula is C15H17NO3S. The van der Waals surface area contributed by atoms with E-state index in [1.165, 1.54) is 11.3 Å². The highest BCUT2D eigenvalue weighted by molar-refractivity contribution is 7.18. The van der Waals surface area contributed by atoms with Gasteiger partial charge in [-0.3, -0.25) is 0 Å². The number of thiophene rings is 1. The van der Waals surface area contributed by atoms with Gasteiger partial charge in [-0.15, -0.1) is 11.3 Å². The van der Waals surface area contributed by atoms with Crippen LogP contribution >= 0.6 is 11.3 Å². The zero-order chi connectivity index (χ0) is 14.5. The number of benzene rings is 1. The van der Waals surface area contributed by atoms with Gasteiger partial charge in [0.15, 0.2) is 0 Å². The molecule has 0 unspecified atom stereocenters. The fourth-order valence-corrected chi connectivity index (χ4v) is 2.90. The first-order chi connectivity index (χ1) is 9.69. The molecule has 2 aromatic rings. The minimum absolute atomic E-state index is 0.295. The summed E-state index contributed by atoms with van der Waals surface area (Å²) in [5.41, 5.74) is 1.80. The molecule has 106 valence electrons. The summed E-state index contributed by atoms with van der Waals surface area (Å²) in [6, 6.07) is 9.70. The molecule has 2 rings (SSSR count). The van der Waals surface area contributed by atoms with Gasteiger partial charge in [0, 0.05) is 11.9 Å². The lowest BCUT2D eigenvalue weighted by molar-refractivity contribution is 0.0533. The Morgan fingerprint density at radius 1 is 1.35 bits per heavy atom. The van der Waals surface area contributed by atoms with Gasteiger partial charge in [0.2, 0.25) is 0 Å². The Kier molecular flexibility index (Phi) is 4.63. The van der Waals surface area contributed by atoms with E-state index in [4.69, 9.17) is 9.47 Å². The molecule has 0 bridgehead atoms. The van der Waals surface area contributed by atoms with Crippen molar-refractivity contribution in [3.8, 4) is 16.2 Å². The number of hydrogen-bond acceptors (Lipinski definition) is 5. The summed E-state index contributed by atoms with van der Waals surface area (Å²) in [4.78, 5) is 13.5. The molecule has 4 nitrogen and oxygen atoms in total. The van der Waals surface area contributed by atoms with Gasteiger partial charge in [0.05, 0.1) is 19.4 Å². The number of rotatable bonds is 5. The number of hydrogen-bond donors (Lipinski definition) is 1. The van der Waals surface area contributed by atoms with Gasteiger partial charge in [-0.2, -0.15) is 0 Å². The molecule has 0 fully saturated rings. The zero-order valence-electron chi connectivity index (χ0n) is 11.7. The van der Waals surface area contributed by atoms with Gasteiger partial charge in [-0.1, -0.05) is 12.1 Å². The van der Waals surface area contributed by atoms with Crippen LogP contribution in [-0.4, -0.2) is 26.7 Å². The first-order valence-corrected chi connectivity index (χ1v) is 7.14. The van der Waals surface area contributed by atoms with Crippen molar-refractivity contribution < 1.29 is 14.3 Å². The number of carbonyl (C=O) groups is 1. The van der Waals surface area contributed by atoms with Crippen molar-refractivity contribution in [1.82, 2.24) is 0 Å². The van der Waals surface area contributed by atoms with E-state index in [0.717, 1.165) is 21.9 Å². The summed E-state index contributed by atoms with van der Waals surface area (Å²) >= 11 is 1.41. The Morgan fingerprint density at radius 3 is 2.80 bits per heavy atom. The van der Waals surface area contributed by atoms with Gasteiger partial charge in [-0.25, -0.2) is 4.79 Å². The van der Waals surface area contributed by atoms with Crippen LogP contribution in [0.25, 0.3) is 10.4 Å². The van der Waals surface area contributed by atoms with Crippen molar-refractivity contribution in [2.24, 2.45) is 0 Å². The molecule has 0 radical (unpaired) electrons. The van der Waals surface area contributed by atoms with E-state index in [0.29, 0.717) is 11.5 Å². The van der Waals surface area contributed by atoms with E-state index in [1.807, 2.05) is 30.3 Å². The molecule has 0 amide bonds. The van der Waals surface area contributed by atoms with E-state index in [1.54, 1.807) is 21.1 Å². The van der Waals surface area contributed by atoms with Gasteiger partial charge in [0.25, 0.3) is 0 Å². The van der Waals surface area contributed by atoms with E-state index >= 15 is 0 Å². The van der Waals surface area contributed by atoms with Crippen LogP contribution in [0.15, 0.2) is 30.3 Å². The van der Waals surface area contributed by atoms with Crippen molar-refractivity contribution in [1.29, 1.82) is 0 Å². The summed E-state index contributed by atoms with van der Waals surface area (Å²) < 4.78 is 10.3. The smallest absolute Gasteiger partial charge is 0.350 e. The van der Waals surface area contributed by atoms with E-state index in [2.05, 4.69) is 5.32 Å². The van der Waals surface area contributed by atoms with Crippen LogP contribution < -0.4 is 10.1 Å². The maximum atomic E-state index is 11.9. The highest BCUT2D eigenvalue weighted by atomic mass is 32.1. The summed E-state index contributed by atoms with van der Waals surface area (Å²) in [6.45, 7) is 2.17. The number of carbonyl (C=O) groups excluding carboxylic acids is 1. The summed E-state index contributed by atoms with van der Waals surface area (Å²) in [7, 11) is 3.43. The Balaban J connectivity index is 2.40. The Labute approximate surface area is 122 Å². The van der Waals surface area contributed by atoms with Crippen molar-refractivity contribution in [3.05, 3.63) is 35.2 Å². The van der Waals surface area contributed by atoms with Crippen LogP contribution in [0, 0.1) is 0 Å². The molecule has 0 spiro atoms. The van der Waals surface area contributed by atoms with Crippen LogP contribution in [0.1, 0.15) is 16.6 Å². The molecule has 20 heavy (non-hydrogen) atoms. The third-order valence-corrected chi connectivity index (χ3v) is 3.98. The highest BCUT2D eigenvalue weighted by Crippen LogP contribution is 2.36. The Bertz CT molecular complexity index is 607. The van der Waals surface area contributed by atoms with Crippen LogP contribution in [0.2, 0.25) is 0 Å². The Morgan fingerprint density at radius 2 is 2.15 bits per heavy atom. The zero-order valence-corrected chi connectivity index (χ0v) is 12.5. The monoisotopic (exact) mass is 291 g/mol. The molecule has 0 saturated heterocycles. The third-order valence-electron chi connectivity index (χ3n) is 2.82. The van der Waals surface area contributed by atoms with Crippen LogP contribution in [0.4, 0.5) is 5.69 Å². The second-order valence-electron chi connectivity index (χ2n) is 4.06. The predicted molar refractivity (Wildman–Crippen MR) is 81.8 cm³/mol. The Hall–Kier alpha value is -2.01. The molecule has 0 saturated carbocycles. The lowest BCUT2D eigenvalue weighted by Crippen LogP contribution is -2.04. The largest absolute Gasteiger partial charge is 0.497 e. The number of methoxy groups -OCH3 is 1. The van der Waals surface area contributed by atoms with Crippen LogP contribution in [0.5, 0.6) is 5.75 Å². The number of esters is 1. The summed E-state index contributed by atoms with van der Waals surface area (Å²) in [5, 5.41) is 3.03. The standard InChI is InChI=1S/C15H17NO3S/c1-4-19-15(17)14-12(16-2)9-13(20-14)10-6-5-7-11(8-10)18-3/h5-9,16H,4H2,1-3H3. The van der Waals surface area contributed by atoms with E-state index < -0.39 is 0 Å². The van der Waals surface area contributed by atoms with Crippen molar-refractivity contribution in [3.63, 3.8) is 0 Å². The molecule has 0 aliphatic heterocycles. The van der Waals surface area contributed by atoms with E-state index in [9.17, 15) is 4.79 Å². The average molecular weight is 291 g/mol. The number of ether oxygens (including phenoxy) is 2. The summed E-state index contributed by atoms with van der Waals surface area (Å²) in [6.07, 6.45) is 0. The molecule has 0 atom stereocenters. The fraction of sp³-hybridized carbons (Fsp3) is 0.267. The summed E-state index contributed by atoms with van der Waals surface area (Å²) in [5.74, 6) is 0.496. The van der Waals surface area contributed by atoms with Crippen molar-refractivity contribution in [2.45, 2.75) is 6.92 Å². The average Bonchev–Trinajstić information content (AvgIpc) is 2.92. The molecular weight excluding hydrogens is 274 g/mol. The van der Waals surface area contributed by atoms with Crippen LogP contribution in [0.3, 0.4) is 0 Å². The van der Waals surface area contributed by atoms with Gasteiger partial charge in [0.1, 0.15) is 10.6 Å². The second-order valence-corrected chi connectivity index (χ2v) is 5.11. The van der Waals surface area contributed by atoms with E-state index in [-0.39, 0.29) is 5.97 Å². The molecule has 0 aliphatic carbocycles. The number of anilines is 1. The molecule has 0 aliphatic rings. The lowest BCUT2D eigenvalue weighted by Gasteiger charge is -2.02. The van der Waals surface area contributed by atoms with Crippen molar-refractivity contribution in [2.75, 3.05) is 26.1 Å².